The first-order valence-electron chi connectivity index (χ1n) is 9.22. The minimum absolute atomic E-state index is 0.310. The fourth-order valence-electron chi connectivity index (χ4n) is 3.29. The first-order chi connectivity index (χ1) is 14.7. The van der Waals surface area contributed by atoms with E-state index in [1.807, 2.05) is 18.2 Å². The van der Waals surface area contributed by atoms with Gasteiger partial charge in [0.15, 0.2) is 0 Å². The number of benzene rings is 1. The Morgan fingerprint density at radius 3 is 2.90 bits per heavy atom. The molecule has 0 fully saturated rings. The van der Waals surface area contributed by atoms with Gasteiger partial charge < -0.3 is 19.9 Å². The van der Waals surface area contributed by atoms with Crippen LogP contribution in [0.1, 0.15) is 5.69 Å². The number of anilines is 1. The summed E-state index contributed by atoms with van der Waals surface area (Å²) in [4.78, 5) is 31.1. The Kier molecular flexibility index (Phi) is 4.32. The maximum atomic E-state index is 14.6. The summed E-state index contributed by atoms with van der Waals surface area (Å²) in [7, 11) is 0. The molecular weight excluding hydrogens is 385 g/mol. The van der Waals surface area contributed by atoms with Crippen LogP contribution < -0.4 is 10.9 Å². The zero-order chi connectivity index (χ0) is 20.5. The molecule has 0 aliphatic carbocycles. The van der Waals surface area contributed by atoms with Gasteiger partial charge >= 0.3 is 0 Å². The van der Waals surface area contributed by atoms with Crippen molar-refractivity contribution in [3.05, 3.63) is 89.4 Å². The van der Waals surface area contributed by atoms with Crippen LogP contribution in [-0.2, 0) is 6.54 Å². The molecule has 148 valence electrons. The van der Waals surface area contributed by atoms with Crippen LogP contribution >= 0.6 is 0 Å². The third-order valence-electron chi connectivity index (χ3n) is 4.72. The summed E-state index contributed by atoms with van der Waals surface area (Å²) >= 11 is 0. The highest BCUT2D eigenvalue weighted by Crippen LogP contribution is 2.27. The summed E-state index contributed by atoms with van der Waals surface area (Å²) in [5.41, 5.74) is 2.82. The molecule has 1 aromatic carbocycles. The molecule has 9 heteroatoms. The smallest absolute Gasteiger partial charge is 0.261 e. The predicted molar refractivity (Wildman–Crippen MR) is 111 cm³/mol. The molecule has 0 spiro atoms. The molecule has 30 heavy (non-hydrogen) atoms. The monoisotopic (exact) mass is 401 g/mol. The average Bonchev–Trinajstić information content (AvgIpc) is 3.42. The zero-order valence-corrected chi connectivity index (χ0v) is 15.6. The number of hydrogen-bond acceptors (Lipinski definition) is 5. The molecule has 0 atom stereocenters. The molecule has 0 radical (unpaired) electrons. The van der Waals surface area contributed by atoms with Gasteiger partial charge in [0.1, 0.15) is 17.2 Å². The highest BCUT2D eigenvalue weighted by molar-refractivity contribution is 5.84. The highest BCUT2D eigenvalue weighted by Gasteiger charge is 2.16. The van der Waals surface area contributed by atoms with E-state index < -0.39 is 5.82 Å². The van der Waals surface area contributed by atoms with E-state index >= 15 is 0 Å². The van der Waals surface area contributed by atoms with Gasteiger partial charge in [0.25, 0.3) is 5.56 Å². The number of halogens is 1. The largest absolute Gasteiger partial charge is 0.379 e. The summed E-state index contributed by atoms with van der Waals surface area (Å²) in [6.07, 6.45) is 8.01. The Labute approximate surface area is 169 Å². The molecule has 0 amide bonds. The second-order valence-electron chi connectivity index (χ2n) is 6.65. The van der Waals surface area contributed by atoms with E-state index in [4.69, 9.17) is 0 Å². The first kappa shape index (κ1) is 17.8. The number of H-pyrrole nitrogens is 2. The molecule has 4 heterocycles. The minimum Gasteiger partial charge on any atom is -0.379 e. The van der Waals surface area contributed by atoms with E-state index in [1.54, 1.807) is 41.5 Å². The lowest BCUT2D eigenvalue weighted by Gasteiger charge is -2.09. The summed E-state index contributed by atoms with van der Waals surface area (Å²) < 4.78 is 16.1. The van der Waals surface area contributed by atoms with Crippen LogP contribution in [-0.4, -0.2) is 29.5 Å². The number of nitrogens with zero attached hydrogens (tertiary/aromatic N) is 4. The van der Waals surface area contributed by atoms with Gasteiger partial charge in [-0.25, -0.2) is 14.4 Å². The Balaban J connectivity index is 1.56. The van der Waals surface area contributed by atoms with Crippen molar-refractivity contribution in [3.63, 3.8) is 0 Å². The predicted octanol–water partition coefficient (Wildman–Crippen LogP) is 3.25. The fourth-order valence-corrected chi connectivity index (χ4v) is 3.29. The Morgan fingerprint density at radius 1 is 1.17 bits per heavy atom. The fraction of sp³-hybridized carbons (Fsp3) is 0.0476. The quantitative estimate of drug-likeness (QED) is 0.419. The van der Waals surface area contributed by atoms with Crippen LogP contribution in [0.4, 0.5) is 10.1 Å². The normalized spacial score (nSPS) is 11.1. The van der Waals surface area contributed by atoms with Crippen LogP contribution in [0.3, 0.4) is 0 Å². The topological polar surface area (TPSA) is 104 Å². The van der Waals surface area contributed by atoms with Gasteiger partial charge in [-0.05, 0) is 24.3 Å². The SMILES string of the molecule is O=c1[nH]ccc(NCc2ccccn2)c1-c1nc2cc(-n3ccnc3)c(F)cc2[nH]1. The third kappa shape index (κ3) is 3.22. The van der Waals surface area contributed by atoms with Gasteiger partial charge in [-0.1, -0.05) is 6.07 Å². The standard InChI is InChI=1S/C21H16FN7O/c22-14-9-16-17(10-18(14)29-8-7-23-12-29)28-20(27-16)19-15(4-6-25-21(19)30)26-11-13-3-1-2-5-24-13/h1-10,12H,11H2,(H,27,28)(H2,25,26,30). The van der Waals surface area contributed by atoms with Crippen molar-refractivity contribution in [1.29, 1.82) is 0 Å². The van der Waals surface area contributed by atoms with Crippen molar-refractivity contribution in [2.24, 2.45) is 0 Å². The molecule has 5 rings (SSSR count). The number of hydrogen-bond donors (Lipinski definition) is 3. The molecule has 0 bridgehead atoms. The molecular formula is C21H16FN7O. The number of rotatable bonds is 5. The molecule has 8 nitrogen and oxygen atoms in total. The lowest BCUT2D eigenvalue weighted by atomic mass is 10.2. The second-order valence-corrected chi connectivity index (χ2v) is 6.65. The molecule has 0 saturated carbocycles. The molecule has 0 unspecified atom stereocenters. The van der Waals surface area contributed by atoms with Gasteiger partial charge in [-0.2, -0.15) is 0 Å². The molecule has 0 saturated heterocycles. The Morgan fingerprint density at radius 2 is 2.10 bits per heavy atom. The number of aromatic amines is 2. The number of imidazole rings is 2. The van der Waals surface area contributed by atoms with Crippen LogP contribution in [0.2, 0.25) is 0 Å². The van der Waals surface area contributed by atoms with Crippen molar-refractivity contribution in [1.82, 2.24) is 29.5 Å². The number of pyridine rings is 2. The van der Waals surface area contributed by atoms with Crippen LogP contribution in [0.25, 0.3) is 28.1 Å². The van der Waals surface area contributed by atoms with E-state index in [1.165, 1.54) is 12.4 Å². The molecule has 4 aromatic heterocycles. The summed E-state index contributed by atoms with van der Waals surface area (Å²) in [6, 6.07) is 10.4. The van der Waals surface area contributed by atoms with Crippen molar-refractivity contribution < 1.29 is 4.39 Å². The van der Waals surface area contributed by atoms with Crippen LogP contribution in [0.15, 0.2) is 72.3 Å². The molecule has 0 aliphatic rings. The van der Waals surface area contributed by atoms with Crippen molar-refractivity contribution in [2.75, 3.05) is 5.32 Å². The third-order valence-corrected chi connectivity index (χ3v) is 4.72. The summed E-state index contributed by atoms with van der Waals surface area (Å²) in [5, 5.41) is 3.23. The van der Waals surface area contributed by atoms with Gasteiger partial charge in [-0.3, -0.25) is 9.78 Å². The lowest BCUT2D eigenvalue weighted by molar-refractivity contribution is 0.620. The van der Waals surface area contributed by atoms with E-state index in [-0.39, 0.29) is 5.56 Å². The van der Waals surface area contributed by atoms with Gasteiger partial charge in [0.05, 0.1) is 41.0 Å². The molecule has 5 aromatic rings. The minimum atomic E-state index is -0.425. The van der Waals surface area contributed by atoms with Crippen molar-refractivity contribution >= 4 is 16.7 Å². The van der Waals surface area contributed by atoms with Crippen molar-refractivity contribution in [3.8, 4) is 17.1 Å². The molecule has 0 aliphatic heterocycles. The molecule has 3 N–H and O–H groups in total. The lowest BCUT2D eigenvalue weighted by Crippen LogP contribution is -2.13. The first-order valence-corrected chi connectivity index (χ1v) is 9.22. The highest BCUT2D eigenvalue weighted by atomic mass is 19.1. The Bertz CT molecular complexity index is 1370. The second kappa shape index (κ2) is 7.28. The maximum absolute atomic E-state index is 14.6. The van der Waals surface area contributed by atoms with E-state index in [0.29, 0.717) is 40.3 Å². The van der Waals surface area contributed by atoms with Gasteiger partial charge in [0.2, 0.25) is 0 Å². The number of fused-ring (bicyclic) bond motifs is 1. The van der Waals surface area contributed by atoms with Gasteiger partial charge in [0, 0.05) is 30.9 Å². The van der Waals surface area contributed by atoms with E-state index in [0.717, 1.165) is 5.69 Å². The van der Waals surface area contributed by atoms with E-state index in [2.05, 4.69) is 30.2 Å². The number of nitrogens with one attached hydrogen (secondary N) is 3. The average molecular weight is 401 g/mol. The van der Waals surface area contributed by atoms with E-state index in [9.17, 15) is 9.18 Å². The summed E-state index contributed by atoms with van der Waals surface area (Å²) in [5.74, 6) is -0.0799. The zero-order valence-electron chi connectivity index (χ0n) is 15.6. The maximum Gasteiger partial charge on any atom is 0.261 e. The number of aromatic nitrogens is 6. The van der Waals surface area contributed by atoms with Crippen molar-refractivity contribution in [2.45, 2.75) is 6.54 Å². The summed E-state index contributed by atoms with van der Waals surface area (Å²) in [6.45, 7) is 0.441. The van der Waals surface area contributed by atoms with Crippen LogP contribution in [0, 0.1) is 5.82 Å². The Hall–Kier alpha value is -4.27. The van der Waals surface area contributed by atoms with Crippen LogP contribution in [0.5, 0.6) is 0 Å². The van der Waals surface area contributed by atoms with Gasteiger partial charge in [-0.15, -0.1) is 0 Å².